The van der Waals surface area contributed by atoms with Crippen molar-refractivity contribution in [3.05, 3.63) is 64.5 Å². The standard InChI is InChI=1S/C17H14FNO2/c1-10-5-3-6-11(2)13(10)9-19-15-12(16(20)17(19)21)7-4-8-14(15)18/h3-8H,9H2,1-2H3. The van der Waals surface area contributed by atoms with Gasteiger partial charge >= 0.3 is 0 Å². The van der Waals surface area contributed by atoms with Crippen LogP contribution in [0.2, 0.25) is 0 Å². The van der Waals surface area contributed by atoms with Crippen LogP contribution in [0, 0.1) is 19.7 Å². The molecule has 2 aromatic carbocycles. The second-order valence-electron chi connectivity index (χ2n) is 5.23. The molecule has 2 aromatic rings. The maximum absolute atomic E-state index is 14.0. The molecular weight excluding hydrogens is 269 g/mol. The first-order valence-corrected chi connectivity index (χ1v) is 6.70. The van der Waals surface area contributed by atoms with Crippen LogP contribution in [0.15, 0.2) is 36.4 Å². The van der Waals surface area contributed by atoms with Crippen molar-refractivity contribution in [2.45, 2.75) is 20.4 Å². The molecule has 0 spiro atoms. The largest absolute Gasteiger partial charge is 0.299 e. The van der Waals surface area contributed by atoms with Gasteiger partial charge in [0.05, 0.1) is 17.8 Å². The van der Waals surface area contributed by atoms with Crippen LogP contribution in [0.1, 0.15) is 27.0 Å². The highest BCUT2D eigenvalue weighted by Gasteiger charge is 2.38. The Balaban J connectivity index is 2.09. The second kappa shape index (κ2) is 4.81. The Morgan fingerprint density at radius 2 is 1.62 bits per heavy atom. The first kappa shape index (κ1) is 13.5. The molecule has 0 saturated carbocycles. The summed E-state index contributed by atoms with van der Waals surface area (Å²) >= 11 is 0. The summed E-state index contributed by atoms with van der Waals surface area (Å²) in [6.07, 6.45) is 0. The van der Waals surface area contributed by atoms with Crippen LogP contribution >= 0.6 is 0 Å². The van der Waals surface area contributed by atoms with Gasteiger partial charge in [-0.3, -0.25) is 14.5 Å². The van der Waals surface area contributed by atoms with E-state index in [-0.39, 0.29) is 17.8 Å². The molecule has 0 atom stereocenters. The second-order valence-corrected chi connectivity index (χ2v) is 5.23. The van der Waals surface area contributed by atoms with Gasteiger partial charge in [-0.2, -0.15) is 0 Å². The molecular formula is C17H14FNO2. The summed E-state index contributed by atoms with van der Waals surface area (Å²) in [5.74, 6) is -1.86. The molecule has 1 amide bonds. The lowest BCUT2D eigenvalue weighted by Gasteiger charge is -2.20. The number of rotatable bonds is 2. The molecule has 0 unspecified atom stereocenters. The summed E-state index contributed by atoms with van der Waals surface area (Å²) in [4.78, 5) is 25.4. The fourth-order valence-electron chi connectivity index (χ4n) is 2.72. The van der Waals surface area contributed by atoms with E-state index in [0.717, 1.165) is 16.7 Å². The van der Waals surface area contributed by atoms with E-state index < -0.39 is 17.5 Å². The smallest absolute Gasteiger partial charge is 0.298 e. The Morgan fingerprint density at radius 1 is 1.00 bits per heavy atom. The van der Waals surface area contributed by atoms with E-state index in [1.807, 2.05) is 32.0 Å². The number of aryl methyl sites for hydroxylation is 2. The molecule has 1 aliphatic rings. The Bertz CT molecular complexity index is 747. The minimum absolute atomic E-state index is 0.0927. The van der Waals surface area contributed by atoms with Crippen LogP contribution in [0.5, 0.6) is 0 Å². The van der Waals surface area contributed by atoms with E-state index in [1.54, 1.807) is 0 Å². The molecule has 0 bridgehead atoms. The zero-order valence-electron chi connectivity index (χ0n) is 11.8. The molecule has 0 saturated heterocycles. The van der Waals surface area contributed by atoms with Crippen molar-refractivity contribution in [1.82, 2.24) is 0 Å². The van der Waals surface area contributed by atoms with Crippen LogP contribution < -0.4 is 4.90 Å². The Morgan fingerprint density at radius 3 is 2.29 bits per heavy atom. The predicted molar refractivity (Wildman–Crippen MR) is 77.8 cm³/mol. The molecule has 0 N–H and O–H groups in total. The first-order chi connectivity index (χ1) is 10.0. The van der Waals surface area contributed by atoms with Crippen molar-refractivity contribution >= 4 is 17.4 Å². The molecule has 0 radical (unpaired) electrons. The highest BCUT2D eigenvalue weighted by atomic mass is 19.1. The fraction of sp³-hybridized carbons (Fsp3) is 0.176. The number of benzene rings is 2. The van der Waals surface area contributed by atoms with E-state index in [4.69, 9.17) is 0 Å². The van der Waals surface area contributed by atoms with Gasteiger partial charge in [-0.25, -0.2) is 4.39 Å². The van der Waals surface area contributed by atoms with E-state index in [0.29, 0.717) is 0 Å². The quantitative estimate of drug-likeness (QED) is 0.794. The minimum atomic E-state index is -0.669. The maximum Gasteiger partial charge on any atom is 0.299 e. The van der Waals surface area contributed by atoms with Crippen molar-refractivity contribution < 1.29 is 14.0 Å². The summed E-state index contributed by atoms with van der Waals surface area (Å²) in [6, 6.07) is 10.0. The summed E-state index contributed by atoms with van der Waals surface area (Å²) in [7, 11) is 0. The third-order valence-corrected chi connectivity index (χ3v) is 3.90. The lowest BCUT2D eigenvalue weighted by molar-refractivity contribution is -0.114. The number of para-hydroxylation sites is 1. The van der Waals surface area contributed by atoms with Gasteiger partial charge in [0.25, 0.3) is 11.7 Å². The third kappa shape index (κ3) is 2.03. The van der Waals surface area contributed by atoms with Crippen LogP contribution in [-0.2, 0) is 11.3 Å². The van der Waals surface area contributed by atoms with Crippen molar-refractivity contribution in [2.24, 2.45) is 0 Å². The fourth-order valence-corrected chi connectivity index (χ4v) is 2.72. The lowest BCUT2D eigenvalue weighted by atomic mass is 10.0. The molecule has 21 heavy (non-hydrogen) atoms. The normalized spacial score (nSPS) is 13.8. The van der Waals surface area contributed by atoms with Crippen LogP contribution in [-0.4, -0.2) is 11.7 Å². The van der Waals surface area contributed by atoms with Gasteiger partial charge < -0.3 is 0 Å². The van der Waals surface area contributed by atoms with Crippen molar-refractivity contribution in [1.29, 1.82) is 0 Å². The van der Waals surface area contributed by atoms with Crippen molar-refractivity contribution in [3.63, 3.8) is 0 Å². The van der Waals surface area contributed by atoms with Crippen LogP contribution in [0.25, 0.3) is 0 Å². The summed E-state index contributed by atoms with van der Waals surface area (Å²) in [5, 5.41) is 0. The van der Waals surface area contributed by atoms with Crippen molar-refractivity contribution in [3.8, 4) is 0 Å². The number of hydrogen-bond acceptors (Lipinski definition) is 2. The molecule has 0 fully saturated rings. The van der Waals surface area contributed by atoms with Crippen LogP contribution in [0.3, 0.4) is 0 Å². The average Bonchev–Trinajstić information content (AvgIpc) is 2.69. The average molecular weight is 283 g/mol. The summed E-state index contributed by atoms with van der Waals surface area (Å²) in [5.41, 5.74) is 3.20. The number of amides is 1. The number of hydrogen-bond donors (Lipinski definition) is 0. The number of carbonyl (C=O) groups excluding carboxylic acids is 2. The number of Topliss-reactive ketones (excluding diaryl/α,β-unsaturated/α-hetero) is 1. The molecule has 0 aromatic heterocycles. The number of ketones is 1. The molecule has 1 aliphatic heterocycles. The van der Waals surface area contributed by atoms with E-state index >= 15 is 0 Å². The molecule has 1 heterocycles. The third-order valence-electron chi connectivity index (χ3n) is 3.90. The van der Waals surface area contributed by atoms with E-state index in [9.17, 15) is 14.0 Å². The van der Waals surface area contributed by atoms with Gasteiger partial charge in [-0.15, -0.1) is 0 Å². The highest BCUT2D eigenvalue weighted by Crippen LogP contribution is 2.33. The van der Waals surface area contributed by atoms with Gasteiger partial charge in [0.1, 0.15) is 5.82 Å². The van der Waals surface area contributed by atoms with Gasteiger partial charge in [0.15, 0.2) is 0 Å². The predicted octanol–water partition coefficient (Wildman–Crippen LogP) is 3.17. The van der Waals surface area contributed by atoms with Crippen LogP contribution in [0.4, 0.5) is 10.1 Å². The zero-order chi connectivity index (χ0) is 15.1. The number of fused-ring (bicyclic) bond motifs is 1. The number of anilines is 1. The van der Waals surface area contributed by atoms with Gasteiger partial charge in [-0.05, 0) is 42.7 Å². The van der Waals surface area contributed by atoms with E-state index in [2.05, 4.69) is 0 Å². The highest BCUT2D eigenvalue weighted by molar-refractivity contribution is 6.52. The Labute approximate surface area is 122 Å². The molecule has 0 aliphatic carbocycles. The Hall–Kier alpha value is -2.49. The zero-order valence-corrected chi connectivity index (χ0v) is 11.8. The van der Waals surface area contributed by atoms with Gasteiger partial charge in [0.2, 0.25) is 0 Å². The van der Waals surface area contributed by atoms with Crippen molar-refractivity contribution in [2.75, 3.05) is 4.90 Å². The lowest BCUT2D eigenvalue weighted by Crippen LogP contribution is -2.30. The Kier molecular flexibility index (Phi) is 3.09. The number of carbonyl (C=O) groups is 2. The maximum atomic E-state index is 14.0. The minimum Gasteiger partial charge on any atom is -0.298 e. The number of halogens is 1. The first-order valence-electron chi connectivity index (χ1n) is 6.70. The SMILES string of the molecule is Cc1cccc(C)c1CN1C(=O)C(=O)c2cccc(F)c21. The number of nitrogens with zero attached hydrogens (tertiary/aromatic N) is 1. The van der Waals surface area contributed by atoms with Gasteiger partial charge in [0, 0.05) is 0 Å². The van der Waals surface area contributed by atoms with E-state index in [1.165, 1.54) is 23.1 Å². The summed E-state index contributed by atoms with van der Waals surface area (Å²) in [6.45, 7) is 4.08. The monoisotopic (exact) mass is 283 g/mol. The molecule has 4 heteroatoms. The molecule has 3 rings (SSSR count). The topological polar surface area (TPSA) is 37.4 Å². The summed E-state index contributed by atoms with van der Waals surface area (Å²) < 4.78 is 14.0. The molecule has 3 nitrogen and oxygen atoms in total. The van der Waals surface area contributed by atoms with Gasteiger partial charge in [-0.1, -0.05) is 24.3 Å². The molecule has 106 valence electrons.